The molecule has 320 valence electrons. The topological polar surface area (TPSA) is 230 Å². The van der Waals surface area contributed by atoms with E-state index in [4.69, 9.17) is 37.9 Å². The molecule has 1 aromatic rings. The van der Waals surface area contributed by atoms with Crippen molar-refractivity contribution >= 4 is 35.7 Å². The average molecular weight is 811 g/mol. The van der Waals surface area contributed by atoms with Crippen molar-refractivity contribution in [2.45, 2.75) is 147 Å². The lowest BCUT2D eigenvalue weighted by atomic mass is 9.94. The van der Waals surface area contributed by atoms with E-state index in [1.54, 1.807) is 0 Å². The van der Waals surface area contributed by atoms with Gasteiger partial charge in [-0.2, -0.15) is 0 Å². The van der Waals surface area contributed by atoms with Crippen LogP contribution in [0.25, 0.3) is 0 Å². The molecule has 2 amide bonds. The van der Waals surface area contributed by atoms with Crippen LogP contribution in [0.1, 0.15) is 85.1 Å². The summed E-state index contributed by atoms with van der Waals surface area (Å²) in [5.74, 6) is -3.50. The van der Waals surface area contributed by atoms with Gasteiger partial charge in [-0.25, -0.2) is 0 Å². The minimum Gasteiger partial charge on any atom is -0.469 e. The van der Waals surface area contributed by atoms with Gasteiger partial charge in [0, 0.05) is 47.6 Å². The third-order valence-electron chi connectivity index (χ3n) is 9.13. The number of methoxy groups -OCH3 is 1. The molecule has 0 saturated carbocycles. The van der Waals surface area contributed by atoms with Gasteiger partial charge in [-0.15, -0.1) is 0 Å². The molecule has 0 unspecified atom stereocenters. The Balaban J connectivity index is 1.94. The smallest absolute Gasteiger partial charge is 0.305 e. The minimum atomic E-state index is -1.53. The highest BCUT2D eigenvalue weighted by atomic mass is 16.7. The van der Waals surface area contributed by atoms with Gasteiger partial charge in [0.15, 0.2) is 24.8 Å². The molecule has 0 spiro atoms. The summed E-state index contributed by atoms with van der Waals surface area (Å²) < 4.78 is 52.8. The van der Waals surface area contributed by atoms with Crippen LogP contribution >= 0.6 is 0 Å². The quantitative estimate of drug-likeness (QED) is 0.0861. The van der Waals surface area contributed by atoms with E-state index in [1.165, 1.54) is 21.0 Å². The van der Waals surface area contributed by atoms with Crippen LogP contribution in [0.3, 0.4) is 0 Å². The van der Waals surface area contributed by atoms with Gasteiger partial charge in [0.1, 0.15) is 43.1 Å². The first-order valence-corrected chi connectivity index (χ1v) is 19.2. The number of carbonyl (C=O) groups excluding carboxylic acids is 6. The number of hydrogen-bond acceptors (Lipinski definition) is 16. The largest absolute Gasteiger partial charge is 0.469 e. The highest BCUT2D eigenvalue weighted by Crippen LogP contribution is 2.34. The molecule has 2 saturated heterocycles. The van der Waals surface area contributed by atoms with E-state index in [-0.39, 0.29) is 19.2 Å². The zero-order chi connectivity index (χ0) is 41.9. The van der Waals surface area contributed by atoms with Crippen LogP contribution in [0.5, 0.6) is 0 Å². The second-order valence-corrected chi connectivity index (χ2v) is 13.9. The SMILES string of the molecule is COC(=O)CCCCCCCCO[C@@H]1O[C@H](CO)[C@@H](O[C@@H]2O[C@H](COC(C)=O)[C@@H](OC(C)=O)[C@H](OC(C)=O)[C@H]2NC(C)=O)[C@H](OCc2ccccc2)[C@H]1NC(C)=O. The first-order chi connectivity index (χ1) is 27.2. The summed E-state index contributed by atoms with van der Waals surface area (Å²) in [5, 5.41) is 16.3. The van der Waals surface area contributed by atoms with Crippen LogP contribution in [0.15, 0.2) is 30.3 Å². The number of aliphatic hydroxyl groups is 1. The zero-order valence-corrected chi connectivity index (χ0v) is 33.5. The monoisotopic (exact) mass is 810 g/mol. The molecule has 3 rings (SSSR count). The Kier molecular flexibility index (Phi) is 20.3. The second-order valence-electron chi connectivity index (χ2n) is 13.9. The molecule has 0 radical (unpaired) electrons. The molecule has 2 heterocycles. The van der Waals surface area contributed by atoms with Gasteiger partial charge in [0.25, 0.3) is 0 Å². The highest BCUT2D eigenvalue weighted by Gasteiger charge is 2.55. The van der Waals surface area contributed by atoms with Gasteiger partial charge in [-0.3, -0.25) is 28.8 Å². The van der Waals surface area contributed by atoms with Crippen molar-refractivity contribution in [1.29, 1.82) is 0 Å². The van der Waals surface area contributed by atoms with Crippen LogP contribution in [0, 0.1) is 0 Å². The second kappa shape index (κ2) is 24.5. The van der Waals surface area contributed by atoms with Gasteiger partial charge in [0.2, 0.25) is 11.8 Å². The average Bonchev–Trinajstić information content (AvgIpc) is 3.15. The Morgan fingerprint density at radius 2 is 1.25 bits per heavy atom. The number of hydrogen-bond donors (Lipinski definition) is 3. The predicted octanol–water partition coefficient (Wildman–Crippen LogP) is 1.76. The summed E-state index contributed by atoms with van der Waals surface area (Å²) >= 11 is 0. The third kappa shape index (κ3) is 15.9. The van der Waals surface area contributed by atoms with Gasteiger partial charge >= 0.3 is 23.9 Å². The number of nitrogens with one attached hydrogen (secondary N) is 2. The number of esters is 4. The molecule has 18 nitrogen and oxygen atoms in total. The highest BCUT2D eigenvalue weighted by molar-refractivity contribution is 5.74. The van der Waals surface area contributed by atoms with Crippen LogP contribution in [0.2, 0.25) is 0 Å². The molecule has 2 fully saturated rings. The number of unbranched alkanes of at least 4 members (excludes halogenated alkanes) is 5. The molecule has 0 aliphatic carbocycles. The first kappa shape index (κ1) is 47.2. The molecular formula is C39H58N2O16. The van der Waals surface area contributed by atoms with Gasteiger partial charge in [0.05, 0.1) is 20.3 Å². The lowest BCUT2D eigenvalue weighted by Gasteiger charge is -2.50. The first-order valence-electron chi connectivity index (χ1n) is 19.2. The normalized spacial score (nSPS) is 27.1. The van der Waals surface area contributed by atoms with Gasteiger partial charge < -0.3 is 58.4 Å². The van der Waals surface area contributed by atoms with Crippen molar-refractivity contribution in [3.05, 3.63) is 35.9 Å². The maximum atomic E-state index is 12.7. The number of ether oxygens (including phenoxy) is 9. The van der Waals surface area contributed by atoms with Crippen LogP contribution in [-0.2, 0) is 78.0 Å². The van der Waals surface area contributed by atoms with E-state index in [0.717, 1.165) is 58.4 Å². The van der Waals surface area contributed by atoms with Crippen molar-refractivity contribution in [2.24, 2.45) is 0 Å². The number of carbonyl (C=O) groups is 6. The lowest BCUT2D eigenvalue weighted by Crippen LogP contribution is -2.70. The fourth-order valence-corrected chi connectivity index (χ4v) is 6.65. The zero-order valence-electron chi connectivity index (χ0n) is 33.5. The Morgan fingerprint density at radius 1 is 0.667 bits per heavy atom. The number of benzene rings is 1. The van der Waals surface area contributed by atoms with E-state index in [2.05, 4.69) is 15.4 Å². The van der Waals surface area contributed by atoms with Crippen LogP contribution < -0.4 is 10.6 Å². The summed E-state index contributed by atoms with van der Waals surface area (Å²) in [7, 11) is 1.37. The maximum Gasteiger partial charge on any atom is 0.305 e. The summed E-state index contributed by atoms with van der Waals surface area (Å²) in [4.78, 5) is 73.2. The maximum absolute atomic E-state index is 12.7. The number of rotatable bonds is 22. The Labute approximate surface area is 332 Å². The van der Waals surface area contributed by atoms with E-state index < -0.39 is 104 Å². The van der Waals surface area contributed by atoms with Gasteiger partial charge in [-0.05, 0) is 18.4 Å². The van der Waals surface area contributed by atoms with Crippen molar-refractivity contribution in [1.82, 2.24) is 10.6 Å². The molecule has 0 bridgehead atoms. The molecule has 18 heteroatoms. The Morgan fingerprint density at radius 3 is 1.82 bits per heavy atom. The molecule has 3 N–H and O–H groups in total. The summed E-state index contributed by atoms with van der Waals surface area (Å²) in [5.41, 5.74) is 0.777. The number of amides is 2. The van der Waals surface area contributed by atoms with E-state index in [9.17, 15) is 33.9 Å². The number of aliphatic hydroxyl groups excluding tert-OH is 1. The van der Waals surface area contributed by atoms with Crippen molar-refractivity contribution in [2.75, 3.05) is 26.9 Å². The van der Waals surface area contributed by atoms with Gasteiger partial charge in [-0.1, -0.05) is 56.0 Å². The van der Waals surface area contributed by atoms with Crippen molar-refractivity contribution in [3.63, 3.8) is 0 Å². The van der Waals surface area contributed by atoms with Crippen LogP contribution in [-0.4, -0.2) is 129 Å². The van der Waals surface area contributed by atoms with E-state index in [1.807, 2.05) is 30.3 Å². The van der Waals surface area contributed by atoms with E-state index >= 15 is 0 Å². The fraction of sp³-hybridized carbons (Fsp3) is 0.692. The minimum absolute atomic E-state index is 0.0304. The molecule has 2 aliphatic rings. The Bertz CT molecular complexity index is 1450. The summed E-state index contributed by atoms with van der Waals surface area (Å²) in [6.45, 7) is 5.13. The predicted molar refractivity (Wildman–Crippen MR) is 198 cm³/mol. The van der Waals surface area contributed by atoms with E-state index in [0.29, 0.717) is 12.8 Å². The molecule has 2 aliphatic heterocycles. The molecule has 57 heavy (non-hydrogen) atoms. The standard InChI is InChI=1S/C39H58N2O16/c1-23(43)40-32-36(52-21-28-16-12-11-13-17-28)34(29(20-42)55-38(32)50-19-15-10-8-7-9-14-18-31(48)49-6)57-39-33(41-24(2)44)37(54-27(5)47)35(53-26(4)46)30(56-39)22-51-25(3)45/h11-13,16-17,29-30,32-39,42H,7-10,14-15,18-22H2,1-6H3,(H,40,43)(H,41,44)/t29-,30-,32-,33-,34-,35-,36-,37-,38-,39+/m1/s1. The lowest BCUT2D eigenvalue weighted by molar-refractivity contribution is -0.337. The molecule has 0 aromatic heterocycles. The molecule has 10 atom stereocenters. The fourth-order valence-electron chi connectivity index (χ4n) is 6.65. The van der Waals surface area contributed by atoms with Crippen LogP contribution in [0.4, 0.5) is 0 Å². The van der Waals surface area contributed by atoms with Crippen molar-refractivity contribution in [3.8, 4) is 0 Å². The molecular weight excluding hydrogens is 752 g/mol. The summed E-state index contributed by atoms with van der Waals surface area (Å²) in [6.07, 6.45) is -4.86. The third-order valence-corrected chi connectivity index (χ3v) is 9.13. The Hall–Kier alpha value is -4.20. The summed E-state index contributed by atoms with van der Waals surface area (Å²) in [6, 6.07) is 6.85. The molecule has 1 aromatic carbocycles. The van der Waals surface area contributed by atoms with Crippen molar-refractivity contribution < 1.29 is 76.5 Å².